The number of hydrogen-bond donors (Lipinski definition) is 0. The molecule has 0 aliphatic carbocycles. The van der Waals surface area contributed by atoms with E-state index in [2.05, 4.69) is 62.4 Å². The summed E-state index contributed by atoms with van der Waals surface area (Å²) in [5.41, 5.74) is 3.97. The van der Waals surface area contributed by atoms with Crippen LogP contribution in [0.15, 0.2) is 54.6 Å². The smallest absolute Gasteiger partial charge is 0.0184 e. The highest BCUT2D eigenvalue weighted by atomic mass is 14.0. The quantitative estimate of drug-likeness (QED) is 0.634. The third-order valence-corrected chi connectivity index (χ3v) is 2.68. The fourth-order valence-corrected chi connectivity index (χ4v) is 1.69. The van der Waals surface area contributed by atoms with Crippen LogP contribution in [0, 0.1) is 0 Å². The van der Waals surface area contributed by atoms with Crippen LogP contribution in [0.4, 0.5) is 0 Å². The standard InChI is InChI=1S/C15H16.C2H6/c1-12(2)13-8-10-15(11-9-13)14-6-4-3-5-7-14;1-2/h3-12H,1-2H3;1-2H3. The summed E-state index contributed by atoms with van der Waals surface area (Å²) >= 11 is 0. The summed E-state index contributed by atoms with van der Waals surface area (Å²) in [5, 5.41) is 0. The van der Waals surface area contributed by atoms with Gasteiger partial charge in [0, 0.05) is 0 Å². The van der Waals surface area contributed by atoms with Crippen LogP contribution in [-0.4, -0.2) is 0 Å². The summed E-state index contributed by atoms with van der Waals surface area (Å²) < 4.78 is 0. The van der Waals surface area contributed by atoms with Crippen molar-refractivity contribution in [2.45, 2.75) is 33.6 Å². The van der Waals surface area contributed by atoms with Crippen LogP contribution in [0.5, 0.6) is 0 Å². The lowest BCUT2D eigenvalue weighted by molar-refractivity contribution is 0.867. The van der Waals surface area contributed by atoms with E-state index in [4.69, 9.17) is 0 Å². The molecule has 0 atom stereocenters. The van der Waals surface area contributed by atoms with E-state index in [9.17, 15) is 0 Å². The molecule has 2 rings (SSSR count). The van der Waals surface area contributed by atoms with Gasteiger partial charge in [-0.25, -0.2) is 0 Å². The molecular weight excluding hydrogens is 204 g/mol. The van der Waals surface area contributed by atoms with Crippen LogP contribution in [0.25, 0.3) is 11.1 Å². The van der Waals surface area contributed by atoms with Crippen molar-refractivity contribution in [2.24, 2.45) is 0 Å². The molecule has 0 unspecified atom stereocenters. The zero-order valence-electron chi connectivity index (χ0n) is 11.3. The Morgan fingerprint density at radius 3 is 1.59 bits per heavy atom. The predicted molar refractivity (Wildman–Crippen MR) is 77.3 cm³/mol. The van der Waals surface area contributed by atoms with Crippen LogP contribution in [-0.2, 0) is 0 Å². The first-order valence-electron chi connectivity index (χ1n) is 6.43. The summed E-state index contributed by atoms with van der Waals surface area (Å²) in [4.78, 5) is 0. The maximum atomic E-state index is 2.22. The van der Waals surface area contributed by atoms with Gasteiger partial charge in [0.15, 0.2) is 0 Å². The minimum atomic E-state index is 0.606. The molecule has 90 valence electrons. The highest BCUT2D eigenvalue weighted by molar-refractivity contribution is 5.63. The molecule has 0 heterocycles. The van der Waals surface area contributed by atoms with Crippen LogP contribution in [0.1, 0.15) is 39.2 Å². The fourth-order valence-electron chi connectivity index (χ4n) is 1.69. The molecule has 2 aromatic rings. The van der Waals surface area contributed by atoms with Gasteiger partial charge in [0.25, 0.3) is 0 Å². The van der Waals surface area contributed by atoms with E-state index in [1.807, 2.05) is 19.9 Å². The summed E-state index contributed by atoms with van der Waals surface area (Å²) in [5.74, 6) is 0.606. The Kier molecular flexibility index (Phi) is 5.48. The SMILES string of the molecule is CC.CC(C)c1ccc(-c2ccccc2)cc1. The Labute approximate surface area is 105 Å². The van der Waals surface area contributed by atoms with Gasteiger partial charge >= 0.3 is 0 Å². The molecule has 0 radical (unpaired) electrons. The number of hydrogen-bond acceptors (Lipinski definition) is 0. The first-order valence-corrected chi connectivity index (χ1v) is 6.43. The molecule has 0 aliphatic heterocycles. The predicted octanol–water partition coefficient (Wildman–Crippen LogP) is 5.50. The highest BCUT2D eigenvalue weighted by Gasteiger charge is 1.99. The van der Waals surface area contributed by atoms with E-state index in [1.54, 1.807) is 0 Å². The lowest BCUT2D eigenvalue weighted by atomic mass is 9.99. The Bertz CT molecular complexity index is 410. The van der Waals surface area contributed by atoms with Crippen molar-refractivity contribution in [1.29, 1.82) is 0 Å². The lowest BCUT2D eigenvalue weighted by Crippen LogP contribution is -1.86. The fraction of sp³-hybridized carbons (Fsp3) is 0.294. The van der Waals surface area contributed by atoms with E-state index in [0.717, 1.165) is 0 Å². The molecule has 0 aliphatic rings. The molecule has 17 heavy (non-hydrogen) atoms. The molecule has 0 amide bonds. The molecule has 0 N–H and O–H groups in total. The number of benzene rings is 2. The zero-order valence-corrected chi connectivity index (χ0v) is 11.3. The Morgan fingerprint density at radius 2 is 1.12 bits per heavy atom. The minimum Gasteiger partial charge on any atom is -0.0683 e. The lowest BCUT2D eigenvalue weighted by Gasteiger charge is -2.06. The van der Waals surface area contributed by atoms with Gasteiger partial charge in [0.1, 0.15) is 0 Å². The molecule has 0 heteroatoms. The van der Waals surface area contributed by atoms with Crippen molar-refractivity contribution in [1.82, 2.24) is 0 Å². The molecule has 0 nitrogen and oxygen atoms in total. The normalized spacial score (nSPS) is 9.71. The molecule has 2 aromatic carbocycles. The van der Waals surface area contributed by atoms with Gasteiger partial charge < -0.3 is 0 Å². The molecule has 0 fully saturated rings. The van der Waals surface area contributed by atoms with Gasteiger partial charge in [-0.2, -0.15) is 0 Å². The van der Waals surface area contributed by atoms with E-state index in [0.29, 0.717) is 5.92 Å². The van der Waals surface area contributed by atoms with E-state index >= 15 is 0 Å². The van der Waals surface area contributed by atoms with Crippen molar-refractivity contribution in [3.05, 3.63) is 60.2 Å². The third-order valence-electron chi connectivity index (χ3n) is 2.68. The van der Waals surface area contributed by atoms with Crippen molar-refractivity contribution in [3.8, 4) is 11.1 Å². The first kappa shape index (κ1) is 13.5. The molecule has 0 saturated heterocycles. The van der Waals surface area contributed by atoms with Crippen molar-refractivity contribution >= 4 is 0 Å². The summed E-state index contributed by atoms with van der Waals surface area (Å²) in [7, 11) is 0. The van der Waals surface area contributed by atoms with E-state index in [1.165, 1.54) is 16.7 Å². The number of rotatable bonds is 2. The Hall–Kier alpha value is -1.56. The Morgan fingerprint density at radius 1 is 0.647 bits per heavy atom. The Balaban J connectivity index is 0.000000686. The average molecular weight is 226 g/mol. The van der Waals surface area contributed by atoms with Gasteiger partial charge in [-0.3, -0.25) is 0 Å². The zero-order chi connectivity index (χ0) is 12.7. The van der Waals surface area contributed by atoms with Crippen LogP contribution in [0.2, 0.25) is 0 Å². The molecule has 0 spiro atoms. The average Bonchev–Trinajstić information content (AvgIpc) is 2.42. The minimum absolute atomic E-state index is 0.606. The van der Waals surface area contributed by atoms with Crippen LogP contribution < -0.4 is 0 Å². The summed E-state index contributed by atoms with van der Waals surface area (Å²) in [6, 6.07) is 19.3. The van der Waals surface area contributed by atoms with Crippen molar-refractivity contribution in [3.63, 3.8) is 0 Å². The molecular formula is C17H22. The van der Waals surface area contributed by atoms with Crippen LogP contribution >= 0.6 is 0 Å². The van der Waals surface area contributed by atoms with E-state index < -0.39 is 0 Å². The maximum Gasteiger partial charge on any atom is -0.0184 e. The molecule has 0 aromatic heterocycles. The van der Waals surface area contributed by atoms with Gasteiger partial charge in [0.2, 0.25) is 0 Å². The van der Waals surface area contributed by atoms with Crippen LogP contribution in [0.3, 0.4) is 0 Å². The van der Waals surface area contributed by atoms with Gasteiger partial charge in [-0.15, -0.1) is 0 Å². The van der Waals surface area contributed by atoms with Crippen molar-refractivity contribution < 1.29 is 0 Å². The second kappa shape index (κ2) is 6.90. The second-order valence-corrected chi connectivity index (χ2v) is 4.14. The first-order chi connectivity index (χ1) is 8.27. The monoisotopic (exact) mass is 226 g/mol. The highest BCUT2D eigenvalue weighted by Crippen LogP contribution is 2.22. The second-order valence-electron chi connectivity index (χ2n) is 4.14. The largest absolute Gasteiger partial charge is 0.0683 e. The van der Waals surface area contributed by atoms with Gasteiger partial charge in [-0.1, -0.05) is 82.3 Å². The van der Waals surface area contributed by atoms with Crippen molar-refractivity contribution in [2.75, 3.05) is 0 Å². The van der Waals surface area contributed by atoms with Gasteiger partial charge in [-0.05, 0) is 22.6 Å². The third kappa shape index (κ3) is 3.74. The summed E-state index contributed by atoms with van der Waals surface area (Å²) in [6.07, 6.45) is 0. The maximum absolute atomic E-state index is 2.22. The molecule has 0 saturated carbocycles. The molecule has 0 bridgehead atoms. The van der Waals surface area contributed by atoms with Gasteiger partial charge in [0.05, 0.1) is 0 Å². The topological polar surface area (TPSA) is 0 Å². The summed E-state index contributed by atoms with van der Waals surface area (Å²) in [6.45, 7) is 8.44. The van der Waals surface area contributed by atoms with E-state index in [-0.39, 0.29) is 0 Å².